The van der Waals surface area contributed by atoms with E-state index >= 15 is 0 Å². The van der Waals surface area contributed by atoms with E-state index in [2.05, 4.69) is 24.2 Å². The Morgan fingerprint density at radius 3 is 3.00 bits per heavy atom. The number of carbonyl (C=O) groups is 1. The first-order valence-corrected chi connectivity index (χ1v) is 8.89. The van der Waals surface area contributed by atoms with Gasteiger partial charge in [-0.15, -0.1) is 11.3 Å². The Balaban J connectivity index is 1.72. The van der Waals surface area contributed by atoms with Crippen LogP contribution in [0, 0.1) is 0 Å². The second-order valence-electron chi connectivity index (χ2n) is 6.09. The van der Waals surface area contributed by atoms with Gasteiger partial charge in [-0.3, -0.25) is 4.79 Å². The lowest BCUT2D eigenvalue weighted by molar-refractivity contribution is 0.0701. The van der Waals surface area contributed by atoms with E-state index in [0.717, 1.165) is 36.6 Å². The Labute approximate surface area is 139 Å². The molecule has 1 saturated heterocycles. The summed E-state index contributed by atoms with van der Waals surface area (Å²) >= 11 is 7.61. The summed E-state index contributed by atoms with van der Waals surface area (Å²) in [6.45, 7) is 5.85. The maximum Gasteiger partial charge on any atom is 0.270 e. The molecule has 0 radical (unpaired) electrons. The van der Waals surface area contributed by atoms with Gasteiger partial charge in [0.05, 0.1) is 15.7 Å². The van der Waals surface area contributed by atoms with Crippen molar-refractivity contribution in [1.29, 1.82) is 0 Å². The van der Waals surface area contributed by atoms with Crippen LogP contribution < -0.4 is 0 Å². The average molecular weight is 338 g/mol. The fraction of sp³-hybridized carbons (Fsp3) is 0.500. The molecule has 1 unspecified atom stereocenters. The zero-order valence-electron chi connectivity index (χ0n) is 12.8. The molecule has 3 rings (SSSR count). The number of nitrogens with one attached hydrogen (secondary N) is 1. The van der Waals surface area contributed by atoms with Gasteiger partial charge in [0.1, 0.15) is 5.69 Å². The Morgan fingerprint density at radius 1 is 1.55 bits per heavy atom. The minimum Gasteiger partial charge on any atom is -0.356 e. The molecule has 0 spiro atoms. The molecule has 1 N–H and O–H groups in total. The maximum absolute atomic E-state index is 12.5. The van der Waals surface area contributed by atoms with E-state index in [1.165, 1.54) is 0 Å². The SMILES string of the molecule is CC(C)c1csc(C2CCCN(C(=O)c3cc(Cl)c[nH]3)C2)n1. The van der Waals surface area contributed by atoms with Crippen LogP contribution in [0.5, 0.6) is 0 Å². The van der Waals surface area contributed by atoms with E-state index in [0.29, 0.717) is 22.6 Å². The highest BCUT2D eigenvalue weighted by molar-refractivity contribution is 7.09. The smallest absolute Gasteiger partial charge is 0.270 e. The van der Waals surface area contributed by atoms with E-state index < -0.39 is 0 Å². The summed E-state index contributed by atoms with van der Waals surface area (Å²) in [6, 6.07) is 1.69. The van der Waals surface area contributed by atoms with Gasteiger partial charge in [-0.2, -0.15) is 0 Å². The number of nitrogens with zero attached hydrogens (tertiary/aromatic N) is 2. The molecule has 2 aromatic heterocycles. The van der Waals surface area contributed by atoms with E-state index in [-0.39, 0.29) is 5.91 Å². The zero-order chi connectivity index (χ0) is 15.7. The lowest BCUT2D eigenvalue weighted by Crippen LogP contribution is -2.39. The number of aromatic nitrogens is 2. The predicted molar refractivity (Wildman–Crippen MR) is 89.9 cm³/mol. The molecule has 22 heavy (non-hydrogen) atoms. The van der Waals surface area contributed by atoms with Gasteiger partial charge in [0.2, 0.25) is 0 Å². The fourth-order valence-corrected chi connectivity index (χ4v) is 4.05. The topological polar surface area (TPSA) is 49.0 Å². The molecule has 0 bridgehead atoms. The van der Waals surface area contributed by atoms with Crippen molar-refractivity contribution in [1.82, 2.24) is 14.9 Å². The number of piperidine rings is 1. The van der Waals surface area contributed by atoms with Gasteiger partial charge in [-0.05, 0) is 24.8 Å². The Morgan fingerprint density at radius 2 is 2.36 bits per heavy atom. The third kappa shape index (κ3) is 3.20. The molecular formula is C16H20ClN3OS. The Bertz CT molecular complexity index is 664. The number of thiazole rings is 1. The largest absolute Gasteiger partial charge is 0.356 e. The maximum atomic E-state index is 12.5. The zero-order valence-corrected chi connectivity index (χ0v) is 14.4. The quantitative estimate of drug-likeness (QED) is 0.909. The molecule has 1 aliphatic rings. The molecule has 3 heterocycles. The van der Waals surface area contributed by atoms with Crippen LogP contribution in [0.2, 0.25) is 5.02 Å². The van der Waals surface area contributed by atoms with Crippen LogP contribution in [-0.2, 0) is 0 Å². The summed E-state index contributed by atoms with van der Waals surface area (Å²) in [4.78, 5) is 22.1. The molecule has 0 saturated carbocycles. The summed E-state index contributed by atoms with van der Waals surface area (Å²) < 4.78 is 0. The summed E-state index contributed by atoms with van der Waals surface area (Å²) in [7, 11) is 0. The molecule has 1 fully saturated rings. The second-order valence-corrected chi connectivity index (χ2v) is 7.41. The minimum atomic E-state index is 0.0252. The first kappa shape index (κ1) is 15.6. The number of amides is 1. The van der Waals surface area contributed by atoms with Crippen molar-refractivity contribution < 1.29 is 4.79 Å². The highest BCUT2D eigenvalue weighted by Gasteiger charge is 2.28. The first-order chi connectivity index (χ1) is 10.5. The fourth-order valence-electron chi connectivity index (χ4n) is 2.78. The number of rotatable bonds is 3. The molecule has 1 amide bonds. The number of H-pyrrole nitrogens is 1. The first-order valence-electron chi connectivity index (χ1n) is 7.63. The van der Waals surface area contributed by atoms with Crippen molar-refractivity contribution in [2.24, 2.45) is 0 Å². The standard InChI is InChI=1S/C16H20ClN3OS/c1-10(2)14-9-22-15(19-14)11-4-3-5-20(8-11)16(21)13-6-12(17)7-18-13/h6-7,9-11,18H,3-5,8H2,1-2H3. The minimum absolute atomic E-state index is 0.0252. The lowest BCUT2D eigenvalue weighted by Gasteiger charge is -2.31. The molecule has 0 aliphatic carbocycles. The summed E-state index contributed by atoms with van der Waals surface area (Å²) in [5.74, 6) is 0.824. The Kier molecular flexibility index (Phi) is 4.54. The summed E-state index contributed by atoms with van der Waals surface area (Å²) in [5.41, 5.74) is 1.72. The number of carbonyl (C=O) groups excluding carboxylic acids is 1. The highest BCUT2D eigenvalue weighted by atomic mass is 35.5. The third-order valence-electron chi connectivity index (χ3n) is 4.07. The second kappa shape index (κ2) is 6.42. The molecule has 118 valence electrons. The number of hydrogen-bond acceptors (Lipinski definition) is 3. The average Bonchev–Trinajstić information content (AvgIpc) is 3.15. The normalized spacial score (nSPS) is 18.9. The van der Waals surface area contributed by atoms with Crippen molar-refractivity contribution in [3.05, 3.63) is 39.1 Å². The Hall–Kier alpha value is -1.33. The number of halogens is 1. The molecule has 4 nitrogen and oxygen atoms in total. The van der Waals surface area contributed by atoms with Crippen molar-refractivity contribution >= 4 is 28.8 Å². The van der Waals surface area contributed by atoms with Gasteiger partial charge in [0, 0.05) is 30.6 Å². The van der Waals surface area contributed by atoms with Gasteiger partial charge in [-0.1, -0.05) is 25.4 Å². The monoisotopic (exact) mass is 337 g/mol. The third-order valence-corrected chi connectivity index (χ3v) is 5.31. The number of aromatic amines is 1. The van der Waals surface area contributed by atoms with Crippen LogP contribution in [0.25, 0.3) is 0 Å². The van der Waals surface area contributed by atoms with Crippen LogP contribution in [0.3, 0.4) is 0 Å². The summed E-state index contributed by atoms with van der Waals surface area (Å²) in [5, 5.41) is 3.87. The van der Waals surface area contributed by atoms with Crippen LogP contribution >= 0.6 is 22.9 Å². The molecule has 2 aromatic rings. The van der Waals surface area contributed by atoms with Crippen LogP contribution in [0.1, 0.15) is 59.7 Å². The van der Waals surface area contributed by atoms with Crippen molar-refractivity contribution in [2.75, 3.05) is 13.1 Å². The van der Waals surface area contributed by atoms with E-state index in [1.54, 1.807) is 23.6 Å². The molecule has 0 aromatic carbocycles. The van der Waals surface area contributed by atoms with Gasteiger partial charge in [-0.25, -0.2) is 4.98 Å². The van der Waals surface area contributed by atoms with Crippen molar-refractivity contribution in [2.45, 2.75) is 38.5 Å². The van der Waals surface area contributed by atoms with Gasteiger partial charge in [0.25, 0.3) is 5.91 Å². The van der Waals surface area contributed by atoms with E-state index in [4.69, 9.17) is 16.6 Å². The molecule has 1 atom stereocenters. The van der Waals surface area contributed by atoms with E-state index in [1.807, 2.05) is 4.90 Å². The molecule has 6 heteroatoms. The number of likely N-dealkylation sites (tertiary alicyclic amines) is 1. The highest BCUT2D eigenvalue weighted by Crippen LogP contribution is 2.31. The predicted octanol–water partition coefficient (Wildman–Crippen LogP) is 4.27. The summed E-state index contributed by atoms with van der Waals surface area (Å²) in [6.07, 6.45) is 3.76. The van der Waals surface area contributed by atoms with Crippen LogP contribution in [0.4, 0.5) is 0 Å². The van der Waals surface area contributed by atoms with Crippen molar-refractivity contribution in [3.63, 3.8) is 0 Å². The van der Waals surface area contributed by atoms with Crippen LogP contribution in [0.15, 0.2) is 17.6 Å². The van der Waals surface area contributed by atoms with Gasteiger partial charge in [0.15, 0.2) is 0 Å². The number of hydrogen-bond donors (Lipinski definition) is 1. The van der Waals surface area contributed by atoms with Gasteiger partial charge >= 0.3 is 0 Å². The molecular weight excluding hydrogens is 318 g/mol. The lowest BCUT2D eigenvalue weighted by atomic mass is 9.98. The van der Waals surface area contributed by atoms with Crippen LogP contribution in [-0.4, -0.2) is 33.9 Å². The van der Waals surface area contributed by atoms with E-state index in [9.17, 15) is 4.79 Å². The molecule has 1 aliphatic heterocycles. The van der Waals surface area contributed by atoms with Gasteiger partial charge < -0.3 is 9.88 Å². The van der Waals surface area contributed by atoms with Crippen molar-refractivity contribution in [3.8, 4) is 0 Å².